The van der Waals surface area contributed by atoms with Gasteiger partial charge in [-0.05, 0) is 37.5 Å². The van der Waals surface area contributed by atoms with Crippen molar-refractivity contribution in [2.45, 2.75) is 64.3 Å². The van der Waals surface area contributed by atoms with Crippen molar-refractivity contribution in [2.75, 3.05) is 6.54 Å². The fourth-order valence-electron chi connectivity index (χ4n) is 2.50. The second kappa shape index (κ2) is 5.37. The smallest absolute Gasteiger partial charge is 0.00672 e. The summed E-state index contributed by atoms with van der Waals surface area (Å²) >= 11 is 0. The van der Waals surface area contributed by atoms with Crippen molar-refractivity contribution in [3.63, 3.8) is 0 Å². The first-order valence-corrected chi connectivity index (χ1v) is 6.08. The maximum atomic E-state index is 3.78. The van der Waals surface area contributed by atoms with Crippen molar-refractivity contribution in [1.82, 2.24) is 5.32 Å². The van der Waals surface area contributed by atoms with Gasteiger partial charge in [0, 0.05) is 12.6 Å². The Balaban J connectivity index is 0.000000980. The third-order valence-corrected chi connectivity index (χ3v) is 4.08. The predicted octanol–water partition coefficient (Wildman–Crippen LogP) is 3.52. The first-order chi connectivity index (χ1) is 6.35. The van der Waals surface area contributed by atoms with Crippen LogP contribution < -0.4 is 5.32 Å². The van der Waals surface area contributed by atoms with Crippen LogP contribution in [-0.4, -0.2) is 12.6 Å². The summed E-state index contributed by atoms with van der Waals surface area (Å²) in [4.78, 5) is 0. The van der Waals surface area contributed by atoms with Gasteiger partial charge in [0.25, 0.3) is 0 Å². The molecule has 0 heterocycles. The monoisotopic (exact) mass is 217 g/mol. The van der Waals surface area contributed by atoms with Crippen LogP contribution in [0.15, 0.2) is 0 Å². The number of hydrogen-bond donors (Lipinski definition) is 1. The highest BCUT2D eigenvalue weighted by molar-refractivity contribution is 5.85. The van der Waals surface area contributed by atoms with Crippen LogP contribution in [0.25, 0.3) is 0 Å². The molecule has 1 nitrogen and oxygen atoms in total. The van der Waals surface area contributed by atoms with Gasteiger partial charge < -0.3 is 5.32 Å². The minimum absolute atomic E-state index is 0. The summed E-state index contributed by atoms with van der Waals surface area (Å²) in [7, 11) is 0. The van der Waals surface area contributed by atoms with Gasteiger partial charge in [0.1, 0.15) is 0 Å². The molecule has 0 saturated heterocycles. The zero-order valence-corrected chi connectivity index (χ0v) is 10.2. The van der Waals surface area contributed by atoms with Crippen molar-refractivity contribution >= 4 is 12.4 Å². The molecule has 14 heavy (non-hydrogen) atoms. The van der Waals surface area contributed by atoms with E-state index in [-0.39, 0.29) is 12.4 Å². The highest BCUT2D eigenvalue weighted by atomic mass is 35.5. The van der Waals surface area contributed by atoms with E-state index < -0.39 is 0 Å². The fourth-order valence-corrected chi connectivity index (χ4v) is 2.50. The zero-order chi connectivity index (χ0) is 9.15. The second-order valence-corrected chi connectivity index (χ2v) is 5.07. The summed E-state index contributed by atoms with van der Waals surface area (Å²) < 4.78 is 0. The quantitative estimate of drug-likeness (QED) is 0.760. The molecular formula is C12H24ClN. The van der Waals surface area contributed by atoms with E-state index in [0.717, 1.165) is 11.5 Å². The largest absolute Gasteiger partial charge is 0.313 e. The van der Waals surface area contributed by atoms with Crippen molar-refractivity contribution in [3.05, 3.63) is 0 Å². The Labute approximate surface area is 94.4 Å². The van der Waals surface area contributed by atoms with Crippen molar-refractivity contribution in [3.8, 4) is 0 Å². The van der Waals surface area contributed by atoms with E-state index in [1.165, 1.54) is 57.9 Å². The van der Waals surface area contributed by atoms with E-state index in [2.05, 4.69) is 12.2 Å². The topological polar surface area (TPSA) is 12.0 Å². The molecule has 0 spiro atoms. The molecule has 0 amide bonds. The van der Waals surface area contributed by atoms with Gasteiger partial charge in [0.05, 0.1) is 0 Å². The summed E-state index contributed by atoms with van der Waals surface area (Å²) in [5.41, 5.74) is 0.734. The standard InChI is InChI=1S/C12H23N.ClH/c1-2-12(8-9-12)10-13-11-6-4-3-5-7-11;/h11,13H,2-10H2,1H3;1H. The lowest BCUT2D eigenvalue weighted by atomic mass is 9.94. The molecule has 0 aliphatic heterocycles. The van der Waals surface area contributed by atoms with Crippen LogP contribution in [-0.2, 0) is 0 Å². The van der Waals surface area contributed by atoms with Crippen LogP contribution in [0.5, 0.6) is 0 Å². The molecule has 0 aromatic rings. The van der Waals surface area contributed by atoms with Crippen LogP contribution in [0.1, 0.15) is 58.3 Å². The molecule has 0 aromatic carbocycles. The van der Waals surface area contributed by atoms with Gasteiger partial charge in [-0.1, -0.05) is 26.2 Å². The lowest BCUT2D eigenvalue weighted by molar-refractivity contribution is 0.334. The maximum Gasteiger partial charge on any atom is 0.00672 e. The molecular weight excluding hydrogens is 194 g/mol. The molecule has 2 heteroatoms. The zero-order valence-electron chi connectivity index (χ0n) is 9.35. The number of rotatable bonds is 4. The van der Waals surface area contributed by atoms with Crippen LogP contribution in [0.4, 0.5) is 0 Å². The molecule has 0 aromatic heterocycles. The molecule has 0 radical (unpaired) electrons. The van der Waals surface area contributed by atoms with E-state index in [9.17, 15) is 0 Å². The third kappa shape index (κ3) is 3.13. The number of nitrogens with one attached hydrogen (secondary N) is 1. The Kier molecular flexibility index (Phi) is 4.72. The Hall–Kier alpha value is 0.250. The van der Waals surface area contributed by atoms with E-state index in [4.69, 9.17) is 0 Å². The van der Waals surface area contributed by atoms with Crippen LogP contribution in [0.2, 0.25) is 0 Å². The number of hydrogen-bond acceptors (Lipinski definition) is 1. The Morgan fingerprint density at radius 3 is 2.29 bits per heavy atom. The minimum Gasteiger partial charge on any atom is -0.313 e. The molecule has 2 saturated carbocycles. The summed E-state index contributed by atoms with van der Waals surface area (Å²) in [6, 6.07) is 0.859. The summed E-state index contributed by atoms with van der Waals surface area (Å²) in [5, 5.41) is 3.78. The molecule has 84 valence electrons. The molecule has 0 unspecified atom stereocenters. The van der Waals surface area contributed by atoms with Crippen LogP contribution in [0, 0.1) is 5.41 Å². The first kappa shape index (κ1) is 12.3. The highest BCUT2D eigenvalue weighted by Gasteiger charge is 2.40. The molecule has 0 atom stereocenters. The maximum absolute atomic E-state index is 3.78. The molecule has 0 bridgehead atoms. The Morgan fingerprint density at radius 2 is 1.79 bits per heavy atom. The third-order valence-electron chi connectivity index (χ3n) is 4.08. The molecule has 2 aliphatic carbocycles. The van der Waals surface area contributed by atoms with Crippen LogP contribution >= 0.6 is 12.4 Å². The summed E-state index contributed by atoms with van der Waals surface area (Å²) in [6.07, 6.45) is 11.6. The number of halogens is 1. The molecule has 2 aliphatic rings. The van der Waals surface area contributed by atoms with Gasteiger partial charge in [-0.25, -0.2) is 0 Å². The summed E-state index contributed by atoms with van der Waals surface area (Å²) in [5.74, 6) is 0. The van der Waals surface area contributed by atoms with Crippen molar-refractivity contribution < 1.29 is 0 Å². The molecule has 2 fully saturated rings. The van der Waals surface area contributed by atoms with Gasteiger partial charge in [-0.3, -0.25) is 0 Å². The normalized spacial score (nSPS) is 25.5. The van der Waals surface area contributed by atoms with Gasteiger partial charge in [0.15, 0.2) is 0 Å². The lowest BCUT2D eigenvalue weighted by Crippen LogP contribution is -2.35. The first-order valence-electron chi connectivity index (χ1n) is 6.08. The highest BCUT2D eigenvalue weighted by Crippen LogP contribution is 2.48. The van der Waals surface area contributed by atoms with E-state index in [1.54, 1.807) is 0 Å². The van der Waals surface area contributed by atoms with E-state index in [0.29, 0.717) is 0 Å². The van der Waals surface area contributed by atoms with Gasteiger partial charge >= 0.3 is 0 Å². The average molecular weight is 218 g/mol. The van der Waals surface area contributed by atoms with Gasteiger partial charge in [-0.15, -0.1) is 12.4 Å². The minimum atomic E-state index is 0. The lowest BCUT2D eigenvalue weighted by Gasteiger charge is -2.25. The molecule has 2 rings (SSSR count). The van der Waals surface area contributed by atoms with Crippen molar-refractivity contribution in [2.24, 2.45) is 5.41 Å². The van der Waals surface area contributed by atoms with E-state index >= 15 is 0 Å². The Morgan fingerprint density at radius 1 is 1.14 bits per heavy atom. The Bertz CT molecular complexity index is 160. The predicted molar refractivity (Wildman–Crippen MR) is 64.1 cm³/mol. The average Bonchev–Trinajstić information content (AvgIpc) is 2.97. The van der Waals surface area contributed by atoms with E-state index in [1.807, 2.05) is 0 Å². The fraction of sp³-hybridized carbons (Fsp3) is 1.00. The summed E-state index contributed by atoms with van der Waals surface area (Å²) in [6.45, 7) is 3.64. The van der Waals surface area contributed by atoms with Gasteiger partial charge in [-0.2, -0.15) is 0 Å². The molecule has 1 N–H and O–H groups in total. The van der Waals surface area contributed by atoms with Crippen LogP contribution in [0.3, 0.4) is 0 Å². The second-order valence-electron chi connectivity index (χ2n) is 5.07. The van der Waals surface area contributed by atoms with Gasteiger partial charge in [0.2, 0.25) is 0 Å². The SMILES string of the molecule is CCC1(CNC2CCCCC2)CC1.Cl. The van der Waals surface area contributed by atoms with Crippen molar-refractivity contribution in [1.29, 1.82) is 0 Å².